The molecule has 0 aliphatic carbocycles. The van der Waals surface area contributed by atoms with E-state index in [0.29, 0.717) is 0 Å². The van der Waals surface area contributed by atoms with Crippen molar-refractivity contribution in [3.8, 4) is 332 Å². The second-order valence-electron chi connectivity index (χ2n) is 28.0. The Morgan fingerprint density at radius 3 is 0.367 bits per heavy atom. The van der Waals surface area contributed by atoms with Crippen LogP contribution in [-0.2, 0) is 0 Å². The van der Waals surface area contributed by atoms with Crippen molar-refractivity contribution < 1.29 is 254 Å². The van der Waals surface area contributed by atoms with Gasteiger partial charge in [0.05, 0.1) is 76.5 Å². The van der Waals surface area contributed by atoms with E-state index < -0.39 is 440 Å². The summed E-state index contributed by atoms with van der Waals surface area (Å²) in [7, 11) is 0. The normalized spacial score (nSPS) is 11.8. The molecule has 0 atom stereocenters. The van der Waals surface area contributed by atoms with Gasteiger partial charge in [0.1, 0.15) is 28.7 Å². The Bertz CT molecular complexity index is 8070. The standard InChI is InChI=1S/C42H26O27.C36H22O23/c43-15-7(22(50)23(51)10-9(15)24(52)25(53)11(16(10)44)12-26(54)34(62)37(65)35(63)27(12)55)1-3-5(20(48)32(60)30(58)18(3)46)2(6-4(1)19(47)31(59)33(61)21(6)49)8-17(45)13-14-29(57)36(64)38(66)40(68)42(14)69-41(13)39(67)28(8)56;37-13-7(19(43)20(44)10-9(13)21(45)29(53)30(54)22(10)46)1-3-5(17(41)27(51)25(49)15(3)39)2(6-4(1)16(40)26(50)28(52)18(6)42)8-14(38)11-12-24(48)31(55)32(56)34(58)36(12)59-35(11)33(57)23(8)47/h43-68H;37-58H. The van der Waals surface area contributed by atoms with Gasteiger partial charge in [-0.15, -0.1) is 0 Å². The Morgan fingerprint density at radius 2 is 0.164 bits per heavy atom. The van der Waals surface area contributed by atoms with Crippen molar-refractivity contribution in [2.45, 2.75) is 0 Å². The van der Waals surface area contributed by atoms with Crippen LogP contribution >= 0.6 is 0 Å². The molecule has 50 heteroatoms. The molecule has 2 heterocycles. The van der Waals surface area contributed by atoms with Crippen molar-refractivity contribution in [2.24, 2.45) is 0 Å². The first kappa shape index (κ1) is 81.6. The maximum absolute atomic E-state index is 12.0. The molecule has 17 aromatic rings. The van der Waals surface area contributed by atoms with Gasteiger partial charge in [0, 0.05) is 65.3 Å². The lowest BCUT2D eigenvalue weighted by molar-refractivity contribution is 0.329. The summed E-state index contributed by atoms with van der Waals surface area (Å²) in [4.78, 5) is 0. The minimum Gasteiger partial charge on any atom is -0.506 e. The molecular formula is C78H48O50. The topological polar surface area (TPSA) is 997 Å². The quantitative estimate of drug-likeness (QED) is 0.0437. The summed E-state index contributed by atoms with van der Waals surface area (Å²) in [5.74, 6) is -77.2. The molecule has 660 valence electrons. The van der Waals surface area contributed by atoms with Crippen LogP contribution in [0.15, 0.2) is 8.83 Å². The van der Waals surface area contributed by atoms with Gasteiger partial charge in [-0.3, -0.25) is 0 Å². The van der Waals surface area contributed by atoms with Crippen molar-refractivity contribution >= 4 is 109 Å². The van der Waals surface area contributed by atoms with Gasteiger partial charge in [-0.25, -0.2) is 0 Å². The molecular weight excluding hydrogens is 1740 g/mol. The van der Waals surface area contributed by atoms with Crippen molar-refractivity contribution in [2.75, 3.05) is 0 Å². The summed E-state index contributed by atoms with van der Waals surface area (Å²) < 4.78 is 10.6. The number of hydrogen-bond donors (Lipinski definition) is 48. The zero-order valence-corrected chi connectivity index (χ0v) is 61.3. The molecule has 0 aliphatic heterocycles. The van der Waals surface area contributed by atoms with Crippen LogP contribution in [0.2, 0.25) is 0 Å². The van der Waals surface area contributed by atoms with Crippen LogP contribution in [0, 0.1) is 0 Å². The van der Waals surface area contributed by atoms with E-state index in [9.17, 15) is 245 Å². The zero-order valence-electron chi connectivity index (χ0n) is 61.3. The number of phenolic OH excluding ortho intramolecular Hbond substituents is 48. The van der Waals surface area contributed by atoms with Crippen molar-refractivity contribution in [1.82, 2.24) is 0 Å². The first-order chi connectivity index (χ1) is 59.7. The van der Waals surface area contributed by atoms with E-state index in [1.54, 1.807) is 0 Å². The first-order valence-corrected chi connectivity index (χ1v) is 34.3. The molecule has 0 bridgehead atoms. The van der Waals surface area contributed by atoms with Gasteiger partial charge >= 0.3 is 0 Å². The first-order valence-electron chi connectivity index (χ1n) is 34.3. The third-order valence-electron chi connectivity index (χ3n) is 21.7. The summed E-state index contributed by atoms with van der Waals surface area (Å²) in [6, 6.07) is 0. The second-order valence-corrected chi connectivity index (χ2v) is 28.0. The molecule has 0 unspecified atom stereocenters. The summed E-state index contributed by atoms with van der Waals surface area (Å²) in [6.45, 7) is 0. The molecule has 0 saturated heterocycles. The Morgan fingerprint density at radius 1 is 0.0703 bits per heavy atom. The Balaban J connectivity index is 0.000000190. The summed E-state index contributed by atoms with van der Waals surface area (Å²) in [6.07, 6.45) is 0. The van der Waals surface area contributed by atoms with E-state index in [2.05, 4.69) is 0 Å². The SMILES string of the molecule is Oc1c(O)c(O)c(-c2c(O)c(O)c3c(O)c(-c4c5c(O)c(O)c(O)c(O)c5c(-c5c(O)c(O)c6oc7c(O)c(O)c(O)c(O)c7c6c5O)c5c(O)c(O)c(O)c(O)c45)c(O)c(O)c3c2O)c(O)c1O.Oc1c(O)c(O)c2c(oc3c(O)c(O)c(-c4c5c(O)c(O)c(O)c(O)c5c(-c5c(O)c(O)c6c(O)c(O)c(O)c(O)c6c5O)c5c(O)c(O)c(O)c(O)c45)c(O)c32)c1O. The highest BCUT2D eigenvalue weighted by molar-refractivity contribution is 6.35. The lowest BCUT2D eigenvalue weighted by Crippen LogP contribution is -1.97. The molecule has 0 radical (unpaired) electrons. The fourth-order valence-electron chi connectivity index (χ4n) is 15.9. The number of rotatable bonds is 5. The molecule has 0 aliphatic rings. The molecule has 15 aromatic carbocycles. The monoisotopic (exact) mass is 1780 g/mol. The third-order valence-corrected chi connectivity index (χ3v) is 21.7. The molecule has 17 rings (SSSR count). The van der Waals surface area contributed by atoms with Crippen molar-refractivity contribution in [1.29, 1.82) is 0 Å². The smallest absolute Gasteiger partial charge is 0.208 e. The van der Waals surface area contributed by atoms with E-state index in [1.807, 2.05) is 0 Å². The van der Waals surface area contributed by atoms with Gasteiger partial charge in [0.15, 0.2) is 149 Å². The third kappa shape index (κ3) is 9.40. The average molecular weight is 1790 g/mol. The Labute approximate surface area is 691 Å². The minimum atomic E-state index is -1.84. The van der Waals surface area contributed by atoms with Gasteiger partial charge in [-0.1, -0.05) is 0 Å². The van der Waals surface area contributed by atoms with E-state index in [1.165, 1.54) is 0 Å². The summed E-state index contributed by atoms with van der Waals surface area (Å²) in [5.41, 5.74) is -18.0. The summed E-state index contributed by atoms with van der Waals surface area (Å²) >= 11 is 0. The van der Waals surface area contributed by atoms with E-state index in [4.69, 9.17) is 8.83 Å². The van der Waals surface area contributed by atoms with Gasteiger partial charge in [-0.05, 0) is 0 Å². The predicted octanol–water partition coefficient (Wildman–Crippen LogP) is 8.29. The number of benzene rings is 15. The molecule has 0 spiro atoms. The van der Waals surface area contributed by atoms with Crippen LogP contribution < -0.4 is 0 Å². The highest BCUT2D eigenvalue weighted by Crippen LogP contribution is 2.74. The maximum Gasteiger partial charge on any atom is 0.208 e. The number of aromatic hydroxyl groups is 48. The minimum absolute atomic E-state index is 0.925. The largest absolute Gasteiger partial charge is 0.506 e. The number of hydrogen-bond acceptors (Lipinski definition) is 50. The lowest BCUT2D eigenvalue weighted by atomic mass is 9.81. The average Bonchev–Trinajstić information content (AvgIpc) is 0.852. The maximum atomic E-state index is 12.0. The predicted molar refractivity (Wildman–Crippen MR) is 420 cm³/mol. The number of phenols is 48. The number of fused-ring (bicyclic) bond motifs is 12. The molecule has 48 N–H and O–H groups in total. The fourth-order valence-corrected chi connectivity index (χ4v) is 15.9. The summed E-state index contributed by atoms with van der Waals surface area (Å²) in [5, 5.41) is 510. The van der Waals surface area contributed by atoms with Gasteiger partial charge in [0.25, 0.3) is 0 Å². The Hall–Kier alpha value is -20.1. The molecule has 128 heavy (non-hydrogen) atoms. The van der Waals surface area contributed by atoms with Gasteiger partial charge < -0.3 is 254 Å². The van der Waals surface area contributed by atoms with Crippen LogP contribution in [0.4, 0.5) is 0 Å². The van der Waals surface area contributed by atoms with E-state index >= 15 is 0 Å². The van der Waals surface area contributed by atoms with Crippen LogP contribution in [0.5, 0.6) is 276 Å². The van der Waals surface area contributed by atoms with Crippen molar-refractivity contribution in [3.05, 3.63) is 0 Å². The highest BCUT2D eigenvalue weighted by Gasteiger charge is 2.45. The fraction of sp³-hybridized carbons (Fsp3) is 0. The second kappa shape index (κ2) is 25.7. The highest BCUT2D eigenvalue weighted by atomic mass is 16.4. The van der Waals surface area contributed by atoms with E-state index in [-0.39, 0.29) is 0 Å². The Kier molecular flexibility index (Phi) is 16.4. The van der Waals surface area contributed by atoms with E-state index in [0.717, 1.165) is 0 Å². The van der Waals surface area contributed by atoms with Crippen LogP contribution in [0.3, 0.4) is 0 Å². The van der Waals surface area contributed by atoms with Gasteiger partial charge in [0.2, 0.25) is 121 Å². The molecule has 50 nitrogen and oxygen atoms in total. The number of furan rings is 2. The zero-order chi connectivity index (χ0) is 94.4. The molecule has 0 saturated carbocycles. The van der Waals surface area contributed by atoms with Gasteiger partial charge in [-0.2, -0.15) is 0 Å². The van der Waals surface area contributed by atoms with Crippen molar-refractivity contribution in [3.63, 3.8) is 0 Å². The molecule has 0 fully saturated rings. The van der Waals surface area contributed by atoms with Crippen LogP contribution in [0.1, 0.15) is 0 Å². The molecule has 2 aromatic heterocycles. The lowest BCUT2D eigenvalue weighted by Gasteiger charge is -2.25. The molecule has 0 amide bonds. The van der Waals surface area contributed by atoms with Crippen LogP contribution in [0.25, 0.3) is 164 Å². The van der Waals surface area contributed by atoms with Crippen LogP contribution in [-0.4, -0.2) is 245 Å².